The number of urea groups is 1. The van der Waals surface area contributed by atoms with Crippen LogP contribution in [0.25, 0.3) is 5.69 Å². The first kappa shape index (κ1) is 18.4. The Morgan fingerprint density at radius 1 is 1.19 bits per heavy atom. The van der Waals surface area contributed by atoms with E-state index in [1.165, 1.54) is 18.2 Å². The second-order valence-electron chi connectivity index (χ2n) is 5.79. The first-order valence-electron chi connectivity index (χ1n) is 8.73. The number of hydrogen-bond acceptors (Lipinski definition) is 3. The molecule has 0 spiro atoms. The fourth-order valence-electron chi connectivity index (χ4n) is 2.56. The number of aromatic nitrogens is 2. The molecule has 0 aliphatic rings. The van der Waals surface area contributed by atoms with Gasteiger partial charge in [-0.1, -0.05) is 18.2 Å². The summed E-state index contributed by atoms with van der Waals surface area (Å²) in [5.41, 5.74) is 2.27. The van der Waals surface area contributed by atoms with Gasteiger partial charge in [-0.3, -0.25) is 0 Å². The molecule has 0 unspecified atom stereocenters. The van der Waals surface area contributed by atoms with Crippen LogP contribution in [0.2, 0.25) is 0 Å². The van der Waals surface area contributed by atoms with Crippen molar-refractivity contribution in [1.29, 1.82) is 0 Å². The first-order chi connectivity index (χ1) is 13.2. The van der Waals surface area contributed by atoms with Crippen LogP contribution in [0.3, 0.4) is 0 Å². The number of amides is 2. The van der Waals surface area contributed by atoms with Gasteiger partial charge in [0.1, 0.15) is 11.6 Å². The summed E-state index contributed by atoms with van der Waals surface area (Å²) in [4.78, 5) is 12.1. The van der Waals surface area contributed by atoms with Crippen molar-refractivity contribution in [2.45, 2.75) is 13.3 Å². The van der Waals surface area contributed by atoms with Crippen molar-refractivity contribution in [1.82, 2.24) is 15.1 Å². The van der Waals surface area contributed by atoms with E-state index in [0.29, 0.717) is 31.0 Å². The lowest BCUT2D eigenvalue weighted by Crippen LogP contribution is -2.30. The Bertz CT molecular complexity index is 896. The number of rotatable bonds is 7. The smallest absolute Gasteiger partial charge is 0.319 e. The van der Waals surface area contributed by atoms with Crippen LogP contribution in [0.15, 0.2) is 60.8 Å². The van der Waals surface area contributed by atoms with E-state index in [4.69, 9.17) is 4.74 Å². The van der Waals surface area contributed by atoms with E-state index in [-0.39, 0.29) is 6.03 Å². The van der Waals surface area contributed by atoms with Crippen LogP contribution >= 0.6 is 0 Å². The minimum atomic E-state index is -0.418. The van der Waals surface area contributed by atoms with E-state index in [9.17, 15) is 9.18 Å². The summed E-state index contributed by atoms with van der Waals surface area (Å²) in [7, 11) is 0. The van der Waals surface area contributed by atoms with Crippen LogP contribution in [0.4, 0.5) is 14.9 Å². The first-order valence-corrected chi connectivity index (χ1v) is 8.73. The Morgan fingerprint density at radius 2 is 2.00 bits per heavy atom. The molecular formula is C20H21FN4O2. The number of para-hydroxylation sites is 1. The maximum Gasteiger partial charge on any atom is 0.319 e. The van der Waals surface area contributed by atoms with E-state index >= 15 is 0 Å². The van der Waals surface area contributed by atoms with Crippen molar-refractivity contribution in [3.05, 3.63) is 72.3 Å². The lowest BCUT2D eigenvalue weighted by Gasteiger charge is -2.12. The van der Waals surface area contributed by atoms with Gasteiger partial charge in [0.25, 0.3) is 0 Å². The van der Waals surface area contributed by atoms with Crippen LogP contribution < -0.4 is 15.4 Å². The molecule has 0 bridgehead atoms. The molecule has 1 heterocycles. The molecule has 0 atom stereocenters. The average Bonchev–Trinajstić information content (AvgIpc) is 3.14. The number of halogens is 1. The zero-order valence-corrected chi connectivity index (χ0v) is 15.0. The van der Waals surface area contributed by atoms with Crippen LogP contribution in [-0.2, 0) is 6.42 Å². The predicted octanol–water partition coefficient (Wildman–Crippen LogP) is 3.77. The second-order valence-corrected chi connectivity index (χ2v) is 5.79. The number of ether oxygens (including phenoxy) is 1. The summed E-state index contributed by atoms with van der Waals surface area (Å²) < 4.78 is 20.4. The van der Waals surface area contributed by atoms with Crippen molar-refractivity contribution in [3.63, 3.8) is 0 Å². The van der Waals surface area contributed by atoms with Crippen LogP contribution in [0, 0.1) is 5.82 Å². The highest BCUT2D eigenvalue weighted by molar-refractivity contribution is 5.90. The number of nitrogens with zero attached hydrogens (tertiary/aromatic N) is 2. The van der Waals surface area contributed by atoms with E-state index in [0.717, 1.165) is 11.4 Å². The number of nitrogens with one attached hydrogen (secondary N) is 2. The third-order valence-corrected chi connectivity index (χ3v) is 3.82. The van der Waals surface area contributed by atoms with Gasteiger partial charge in [-0.15, -0.1) is 0 Å². The summed E-state index contributed by atoms with van der Waals surface area (Å²) in [6, 6.07) is 15.3. The van der Waals surface area contributed by atoms with Gasteiger partial charge in [0, 0.05) is 25.2 Å². The van der Waals surface area contributed by atoms with Crippen molar-refractivity contribution in [2.24, 2.45) is 0 Å². The molecule has 2 amide bonds. The van der Waals surface area contributed by atoms with E-state index in [1.54, 1.807) is 11.6 Å². The van der Waals surface area contributed by atoms with Gasteiger partial charge in [-0.2, -0.15) is 5.10 Å². The van der Waals surface area contributed by atoms with Crippen molar-refractivity contribution >= 4 is 11.7 Å². The number of anilines is 1. The molecule has 0 fully saturated rings. The van der Waals surface area contributed by atoms with Gasteiger partial charge in [-0.05, 0) is 37.3 Å². The SMILES string of the molecule is CCOc1cc(F)ccc1NC(=O)NCCc1ccn(-c2ccccc2)n1. The Labute approximate surface area is 157 Å². The highest BCUT2D eigenvalue weighted by Gasteiger charge is 2.09. The Morgan fingerprint density at radius 3 is 2.78 bits per heavy atom. The molecule has 7 heteroatoms. The van der Waals surface area contributed by atoms with E-state index in [1.807, 2.05) is 42.6 Å². The maximum atomic E-state index is 13.3. The largest absolute Gasteiger partial charge is 0.492 e. The molecular weight excluding hydrogens is 347 g/mol. The van der Waals surface area contributed by atoms with Gasteiger partial charge >= 0.3 is 6.03 Å². The van der Waals surface area contributed by atoms with Gasteiger partial charge in [0.05, 0.1) is 23.7 Å². The lowest BCUT2D eigenvalue weighted by atomic mass is 10.3. The number of hydrogen-bond donors (Lipinski definition) is 2. The third kappa shape index (κ3) is 5.07. The number of carbonyl (C=O) groups excluding carboxylic acids is 1. The standard InChI is InChI=1S/C20H21FN4O2/c1-2-27-19-14-15(21)8-9-18(19)23-20(26)22-12-10-16-11-13-25(24-16)17-6-4-3-5-7-17/h3-9,11,13-14H,2,10,12H2,1H3,(H2,22,23,26). The van der Waals surface area contributed by atoms with Crippen LogP contribution in [-0.4, -0.2) is 29.0 Å². The fraction of sp³-hybridized carbons (Fsp3) is 0.200. The van der Waals surface area contributed by atoms with Gasteiger partial charge < -0.3 is 15.4 Å². The molecule has 3 aromatic rings. The lowest BCUT2D eigenvalue weighted by molar-refractivity contribution is 0.252. The monoisotopic (exact) mass is 368 g/mol. The zero-order chi connectivity index (χ0) is 19.1. The van der Waals surface area contributed by atoms with Crippen molar-refractivity contribution < 1.29 is 13.9 Å². The minimum absolute atomic E-state index is 0.300. The molecule has 0 saturated heterocycles. The van der Waals surface area contributed by atoms with Crippen molar-refractivity contribution in [2.75, 3.05) is 18.5 Å². The average molecular weight is 368 g/mol. The van der Waals surface area contributed by atoms with Crippen LogP contribution in [0.5, 0.6) is 5.75 Å². The van der Waals surface area contributed by atoms with E-state index < -0.39 is 5.82 Å². The molecule has 27 heavy (non-hydrogen) atoms. The summed E-state index contributed by atoms with van der Waals surface area (Å²) in [6.07, 6.45) is 2.48. The molecule has 3 rings (SSSR count). The quantitative estimate of drug-likeness (QED) is 0.667. The normalized spacial score (nSPS) is 10.4. The molecule has 6 nitrogen and oxygen atoms in total. The highest BCUT2D eigenvalue weighted by Crippen LogP contribution is 2.25. The molecule has 0 aliphatic heterocycles. The molecule has 0 radical (unpaired) electrons. The van der Waals surface area contributed by atoms with Crippen LogP contribution in [0.1, 0.15) is 12.6 Å². The second kappa shape index (κ2) is 8.84. The minimum Gasteiger partial charge on any atom is -0.492 e. The van der Waals surface area contributed by atoms with Gasteiger partial charge in [0.2, 0.25) is 0 Å². The van der Waals surface area contributed by atoms with Gasteiger partial charge in [-0.25, -0.2) is 13.9 Å². The molecule has 2 aromatic carbocycles. The predicted molar refractivity (Wildman–Crippen MR) is 102 cm³/mol. The Kier molecular flexibility index (Phi) is 6.04. The molecule has 1 aromatic heterocycles. The van der Waals surface area contributed by atoms with E-state index in [2.05, 4.69) is 15.7 Å². The number of benzene rings is 2. The molecule has 0 aliphatic carbocycles. The molecule has 140 valence electrons. The summed E-state index contributed by atoms with van der Waals surface area (Å²) in [6.45, 7) is 2.59. The van der Waals surface area contributed by atoms with Crippen molar-refractivity contribution in [3.8, 4) is 11.4 Å². The number of carbonyl (C=O) groups is 1. The highest BCUT2D eigenvalue weighted by atomic mass is 19.1. The van der Waals surface area contributed by atoms with Gasteiger partial charge in [0.15, 0.2) is 0 Å². The summed E-state index contributed by atoms with van der Waals surface area (Å²) in [5.74, 6) is -0.118. The Hall–Kier alpha value is -3.35. The topological polar surface area (TPSA) is 68.2 Å². The molecule has 2 N–H and O–H groups in total. The zero-order valence-electron chi connectivity index (χ0n) is 15.0. The maximum absolute atomic E-state index is 13.3. The summed E-state index contributed by atoms with van der Waals surface area (Å²) in [5, 5.41) is 9.93. The molecule has 0 saturated carbocycles. The Balaban J connectivity index is 1.51. The third-order valence-electron chi connectivity index (χ3n) is 3.82. The fourth-order valence-corrected chi connectivity index (χ4v) is 2.56. The summed E-state index contributed by atoms with van der Waals surface area (Å²) >= 11 is 0.